The fourth-order valence-electron chi connectivity index (χ4n) is 4.21. The number of ether oxygens (including phenoxy) is 5. The van der Waals surface area contributed by atoms with Crippen LogP contribution < -0.4 is 23.7 Å². The fraction of sp³-hybridized carbons (Fsp3) is 0.417. The van der Waals surface area contributed by atoms with Crippen LogP contribution in [0.4, 0.5) is 0 Å². The molecule has 0 aliphatic carbocycles. The highest BCUT2D eigenvalue weighted by Gasteiger charge is 2.45. The number of benzene rings is 2. The van der Waals surface area contributed by atoms with Crippen LogP contribution in [-0.2, 0) is 4.79 Å². The van der Waals surface area contributed by atoms with Crippen LogP contribution in [0, 0.1) is 0 Å². The van der Waals surface area contributed by atoms with E-state index >= 15 is 0 Å². The molecule has 178 valence electrons. The summed E-state index contributed by atoms with van der Waals surface area (Å²) >= 11 is 0. The maximum absolute atomic E-state index is 13.4. The number of methoxy groups -OCH3 is 3. The number of likely N-dealkylation sites (N-methyl/N-ethyl adjacent to an activating group) is 1. The maximum Gasteiger partial charge on any atom is 0.313 e. The Hall–Kier alpha value is -3.62. The summed E-state index contributed by atoms with van der Waals surface area (Å²) in [6.07, 6.45) is 0. The van der Waals surface area contributed by atoms with Gasteiger partial charge in [0.1, 0.15) is 11.7 Å². The van der Waals surface area contributed by atoms with Crippen LogP contribution in [0.3, 0.4) is 0 Å². The summed E-state index contributed by atoms with van der Waals surface area (Å²) in [6.45, 7) is 4.37. The highest BCUT2D eigenvalue weighted by Crippen LogP contribution is 2.49. The number of carbonyl (C=O) groups is 2. The monoisotopic (exact) mass is 459 g/mol. The number of amides is 1. The standard InChI is InChI=1S/C24H29NO8/c1-7-32-19-9-13-14(10-20(19)33-8-2)23(26)25(3)22(21(13)24(27)28)15-11-17(30-5)18(31-6)12-16(15)29-4/h9-12,21-22H,7-8H2,1-6H3,(H,27,28)/t21-,22-/m0/s1. The van der Waals surface area contributed by atoms with Gasteiger partial charge in [-0.2, -0.15) is 0 Å². The summed E-state index contributed by atoms with van der Waals surface area (Å²) in [5.74, 6) is -0.545. The number of fused-ring (bicyclic) bond motifs is 1. The van der Waals surface area contributed by atoms with Gasteiger partial charge in [-0.15, -0.1) is 0 Å². The van der Waals surface area contributed by atoms with Gasteiger partial charge in [0.05, 0.1) is 40.6 Å². The molecular formula is C24H29NO8. The van der Waals surface area contributed by atoms with Gasteiger partial charge in [0.25, 0.3) is 5.91 Å². The Labute approximate surface area is 192 Å². The number of carboxylic acids is 1. The second-order valence-corrected chi connectivity index (χ2v) is 7.38. The van der Waals surface area contributed by atoms with E-state index in [0.29, 0.717) is 53.1 Å². The Bertz CT molecular complexity index is 1050. The predicted octanol–water partition coefficient (Wildman–Crippen LogP) is 3.50. The molecule has 0 fully saturated rings. The molecule has 0 saturated heterocycles. The summed E-state index contributed by atoms with van der Waals surface area (Å²) < 4.78 is 27.6. The zero-order valence-electron chi connectivity index (χ0n) is 19.6. The largest absolute Gasteiger partial charge is 0.496 e. The Morgan fingerprint density at radius 2 is 1.36 bits per heavy atom. The van der Waals surface area contributed by atoms with E-state index < -0.39 is 17.9 Å². The van der Waals surface area contributed by atoms with Gasteiger partial charge >= 0.3 is 5.97 Å². The van der Waals surface area contributed by atoms with E-state index in [4.69, 9.17) is 23.7 Å². The number of carbonyl (C=O) groups excluding carboxylic acids is 1. The summed E-state index contributed by atoms with van der Waals surface area (Å²) in [4.78, 5) is 27.4. The van der Waals surface area contributed by atoms with E-state index in [1.807, 2.05) is 13.8 Å². The SMILES string of the molecule is CCOc1cc2c(cc1OCC)[C@H](C(=O)O)[C@H](c1cc(OC)c(OC)cc1OC)N(C)C2=O. The third-order valence-corrected chi connectivity index (χ3v) is 5.65. The van der Waals surface area contributed by atoms with Crippen molar-refractivity contribution in [3.63, 3.8) is 0 Å². The lowest BCUT2D eigenvalue weighted by Gasteiger charge is -2.39. The van der Waals surface area contributed by atoms with Crippen molar-refractivity contribution in [3.8, 4) is 28.7 Å². The quantitative estimate of drug-likeness (QED) is 0.608. The minimum absolute atomic E-state index is 0.257. The normalized spacial score (nSPS) is 17.3. The van der Waals surface area contributed by atoms with Crippen LogP contribution in [0.2, 0.25) is 0 Å². The molecule has 0 unspecified atom stereocenters. The average Bonchev–Trinajstić information content (AvgIpc) is 2.81. The predicted molar refractivity (Wildman–Crippen MR) is 120 cm³/mol. The highest BCUT2D eigenvalue weighted by atomic mass is 16.5. The van der Waals surface area contributed by atoms with Gasteiger partial charge in [0, 0.05) is 24.2 Å². The van der Waals surface area contributed by atoms with Gasteiger partial charge in [-0.05, 0) is 37.6 Å². The molecule has 0 aromatic heterocycles. The number of carboxylic acid groups (broad SMARTS) is 1. The second kappa shape index (κ2) is 9.89. The van der Waals surface area contributed by atoms with Crippen LogP contribution in [0.15, 0.2) is 24.3 Å². The van der Waals surface area contributed by atoms with Crippen molar-refractivity contribution in [1.29, 1.82) is 0 Å². The molecule has 0 bridgehead atoms. The molecule has 2 aromatic rings. The smallest absolute Gasteiger partial charge is 0.313 e. The summed E-state index contributed by atoms with van der Waals surface area (Å²) in [6, 6.07) is 5.54. The molecule has 0 saturated carbocycles. The summed E-state index contributed by atoms with van der Waals surface area (Å²) in [5.41, 5.74) is 1.09. The van der Waals surface area contributed by atoms with Crippen molar-refractivity contribution in [2.45, 2.75) is 25.8 Å². The topological polar surface area (TPSA) is 104 Å². The Morgan fingerprint density at radius 1 is 0.848 bits per heavy atom. The lowest BCUT2D eigenvalue weighted by Crippen LogP contribution is -2.42. The fourth-order valence-corrected chi connectivity index (χ4v) is 4.21. The minimum Gasteiger partial charge on any atom is -0.496 e. The average molecular weight is 459 g/mol. The van der Waals surface area contributed by atoms with E-state index in [2.05, 4.69) is 0 Å². The minimum atomic E-state index is -1.09. The molecule has 3 rings (SSSR count). The molecule has 9 heteroatoms. The van der Waals surface area contributed by atoms with Crippen molar-refractivity contribution < 1.29 is 38.4 Å². The molecule has 2 atom stereocenters. The van der Waals surface area contributed by atoms with E-state index in [-0.39, 0.29) is 11.5 Å². The van der Waals surface area contributed by atoms with Gasteiger partial charge in [-0.25, -0.2) is 0 Å². The number of hydrogen-bond donors (Lipinski definition) is 1. The zero-order chi connectivity index (χ0) is 24.3. The molecule has 1 N–H and O–H groups in total. The maximum atomic E-state index is 13.4. The van der Waals surface area contributed by atoms with Gasteiger partial charge in [-0.1, -0.05) is 0 Å². The molecule has 33 heavy (non-hydrogen) atoms. The van der Waals surface area contributed by atoms with Gasteiger partial charge in [0.2, 0.25) is 0 Å². The van der Waals surface area contributed by atoms with Crippen LogP contribution in [-0.4, -0.2) is 63.5 Å². The number of hydrogen-bond acceptors (Lipinski definition) is 7. The summed E-state index contributed by atoms with van der Waals surface area (Å²) in [5, 5.41) is 10.3. The first-order valence-electron chi connectivity index (χ1n) is 10.6. The summed E-state index contributed by atoms with van der Waals surface area (Å²) in [7, 11) is 6.02. The first-order chi connectivity index (χ1) is 15.8. The van der Waals surface area contributed by atoms with E-state index in [0.717, 1.165) is 0 Å². The van der Waals surface area contributed by atoms with Crippen molar-refractivity contribution in [2.24, 2.45) is 0 Å². The third-order valence-electron chi connectivity index (χ3n) is 5.65. The van der Waals surface area contributed by atoms with Gasteiger partial charge in [0.15, 0.2) is 23.0 Å². The number of nitrogens with zero attached hydrogens (tertiary/aromatic N) is 1. The van der Waals surface area contributed by atoms with Crippen molar-refractivity contribution in [1.82, 2.24) is 4.90 Å². The Balaban J connectivity index is 2.28. The van der Waals surface area contributed by atoms with Crippen molar-refractivity contribution in [3.05, 3.63) is 41.0 Å². The number of aliphatic carboxylic acids is 1. The third kappa shape index (κ3) is 4.22. The van der Waals surface area contributed by atoms with Gasteiger partial charge in [-0.3, -0.25) is 9.59 Å². The van der Waals surface area contributed by atoms with Crippen molar-refractivity contribution in [2.75, 3.05) is 41.6 Å². The zero-order valence-corrected chi connectivity index (χ0v) is 19.6. The van der Waals surface area contributed by atoms with Crippen LogP contribution in [0.1, 0.15) is 47.3 Å². The second-order valence-electron chi connectivity index (χ2n) is 7.38. The van der Waals surface area contributed by atoms with E-state index in [1.165, 1.54) is 26.2 Å². The Morgan fingerprint density at radius 3 is 1.88 bits per heavy atom. The lowest BCUT2D eigenvalue weighted by molar-refractivity contribution is -0.140. The molecule has 0 radical (unpaired) electrons. The first kappa shape index (κ1) is 24.0. The first-order valence-corrected chi connectivity index (χ1v) is 10.6. The highest BCUT2D eigenvalue weighted by molar-refractivity contribution is 6.01. The molecule has 1 aliphatic heterocycles. The number of rotatable bonds is 9. The molecular weight excluding hydrogens is 430 g/mol. The van der Waals surface area contributed by atoms with Crippen molar-refractivity contribution >= 4 is 11.9 Å². The molecule has 2 aromatic carbocycles. The molecule has 0 spiro atoms. The van der Waals surface area contributed by atoms with Gasteiger partial charge < -0.3 is 33.7 Å². The van der Waals surface area contributed by atoms with E-state index in [1.54, 1.807) is 31.3 Å². The van der Waals surface area contributed by atoms with E-state index in [9.17, 15) is 14.7 Å². The van der Waals surface area contributed by atoms with Crippen LogP contribution >= 0.6 is 0 Å². The molecule has 1 aliphatic rings. The molecule has 9 nitrogen and oxygen atoms in total. The Kier molecular flexibility index (Phi) is 7.20. The molecule has 1 amide bonds. The van der Waals surface area contributed by atoms with Crippen LogP contribution in [0.25, 0.3) is 0 Å². The van der Waals surface area contributed by atoms with Crippen LogP contribution in [0.5, 0.6) is 28.7 Å². The molecule has 1 heterocycles. The lowest BCUT2D eigenvalue weighted by atomic mass is 9.79.